The van der Waals surface area contributed by atoms with E-state index < -0.39 is 11.7 Å². The topological polar surface area (TPSA) is 84.9 Å². The molecule has 0 saturated carbocycles. The third-order valence-electron chi connectivity index (χ3n) is 4.08. The largest absolute Gasteiger partial charge is 0.461 e. The van der Waals surface area contributed by atoms with Gasteiger partial charge in [0.25, 0.3) is 0 Å². The molecule has 1 aliphatic heterocycles. The van der Waals surface area contributed by atoms with Gasteiger partial charge in [0.05, 0.1) is 12.3 Å². The Morgan fingerprint density at radius 3 is 2.56 bits per heavy atom. The lowest BCUT2D eigenvalue weighted by atomic mass is 10.1. The average molecular weight is 376 g/mol. The molecule has 0 radical (unpaired) electrons. The van der Waals surface area contributed by atoms with Gasteiger partial charge in [0.1, 0.15) is 12.2 Å². The van der Waals surface area contributed by atoms with Crippen molar-refractivity contribution in [2.45, 2.75) is 45.8 Å². The molecule has 2 amide bonds. The molecule has 1 saturated heterocycles. The number of nitrogens with zero attached hydrogens (tertiary/aromatic N) is 1. The Hall–Kier alpha value is -2.57. The average Bonchev–Trinajstić information content (AvgIpc) is 3.10. The highest BCUT2D eigenvalue weighted by atomic mass is 16.6. The molecule has 27 heavy (non-hydrogen) atoms. The summed E-state index contributed by atoms with van der Waals surface area (Å²) in [6.07, 6.45) is 0.298. The quantitative estimate of drug-likeness (QED) is 0.771. The molecule has 1 aromatic rings. The lowest BCUT2D eigenvalue weighted by molar-refractivity contribution is -0.144. The molecule has 7 heteroatoms. The van der Waals surface area contributed by atoms with Gasteiger partial charge in [-0.3, -0.25) is 9.59 Å². The van der Waals surface area contributed by atoms with E-state index in [9.17, 15) is 14.4 Å². The number of hydrogen-bond donors (Lipinski definition) is 1. The zero-order chi connectivity index (χ0) is 19.9. The van der Waals surface area contributed by atoms with Gasteiger partial charge in [-0.05, 0) is 32.8 Å². The molecule has 2 rings (SSSR count). The van der Waals surface area contributed by atoms with E-state index in [1.54, 1.807) is 4.90 Å². The number of carbonyl (C=O) groups excluding carboxylic acids is 3. The summed E-state index contributed by atoms with van der Waals surface area (Å²) in [5, 5.41) is 2.74. The number of benzene rings is 1. The van der Waals surface area contributed by atoms with Crippen LogP contribution >= 0.6 is 0 Å². The van der Waals surface area contributed by atoms with Crippen molar-refractivity contribution in [3.05, 3.63) is 35.9 Å². The Bertz CT molecular complexity index is 654. The van der Waals surface area contributed by atoms with Gasteiger partial charge in [0.15, 0.2) is 0 Å². The van der Waals surface area contributed by atoms with Crippen LogP contribution in [-0.2, 0) is 25.7 Å². The molecule has 1 N–H and O–H groups in total. The second-order valence-electron chi connectivity index (χ2n) is 7.60. The molecule has 7 nitrogen and oxygen atoms in total. The van der Waals surface area contributed by atoms with Gasteiger partial charge in [0.2, 0.25) is 5.91 Å². The highest BCUT2D eigenvalue weighted by Crippen LogP contribution is 2.19. The predicted octanol–water partition coefficient (Wildman–Crippen LogP) is 2.49. The van der Waals surface area contributed by atoms with Crippen molar-refractivity contribution in [1.82, 2.24) is 10.2 Å². The zero-order valence-corrected chi connectivity index (χ0v) is 16.2. The van der Waals surface area contributed by atoms with E-state index >= 15 is 0 Å². The second-order valence-corrected chi connectivity index (χ2v) is 7.60. The van der Waals surface area contributed by atoms with Gasteiger partial charge >= 0.3 is 12.1 Å². The first-order valence-electron chi connectivity index (χ1n) is 9.20. The number of rotatable bonds is 6. The Morgan fingerprint density at radius 2 is 1.89 bits per heavy atom. The predicted molar refractivity (Wildman–Crippen MR) is 99.8 cm³/mol. The van der Waals surface area contributed by atoms with E-state index in [1.165, 1.54) is 0 Å². The maximum Gasteiger partial charge on any atom is 0.410 e. The monoisotopic (exact) mass is 376 g/mol. The van der Waals surface area contributed by atoms with Gasteiger partial charge in [-0.25, -0.2) is 4.79 Å². The van der Waals surface area contributed by atoms with Crippen LogP contribution in [0.25, 0.3) is 0 Å². The highest BCUT2D eigenvalue weighted by Gasteiger charge is 2.33. The Kier molecular flexibility index (Phi) is 7.21. The zero-order valence-electron chi connectivity index (χ0n) is 16.2. The number of esters is 1. The van der Waals surface area contributed by atoms with Crippen molar-refractivity contribution in [2.24, 2.45) is 5.92 Å². The fourth-order valence-electron chi connectivity index (χ4n) is 2.71. The van der Waals surface area contributed by atoms with E-state index in [0.717, 1.165) is 5.56 Å². The van der Waals surface area contributed by atoms with E-state index in [-0.39, 0.29) is 37.4 Å². The third-order valence-corrected chi connectivity index (χ3v) is 4.08. The van der Waals surface area contributed by atoms with E-state index in [2.05, 4.69) is 5.32 Å². The van der Waals surface area contributed by atoms with E-state index in [4.69, 9.17) is 9.47 Å². The minimum atomic E-state index is -0.558. The Morgan fingerprint density at radius 1 is 1.19 bits per heavy atom. The molecular weight excluding hydrogens is 348 g/mol. The molecule has 0 spiro atoms. The summed E-state index contributed by atoms with van der Waals surface area (Å²) < 4.78 is 10.5. The SMILES string of the molecule is CC(C)(C)OC(=O)N1CC[C@@H](C(=O)NCCC(=O)OCc2ccccc2)C1. The van der Waals surface area contributed by atoms with Crippen LogP contribution in [0.3, 0.4) is 0 Å². The standard InChI is InChI=1S/C20H28N2O5/c1-20(2,3)27-19(25)22-12-10-16(13-22)18(24)21-11-9-17(23)26-14-15-7-5-4-6-8-15/h4-8,16H,9-14H2,1-3H3,(H,21,24)/t16-/m1/s1. The van der Waals surface area contributed by atoms with E-state index in [0.29, 0.717) is 19.5 Å². The number of hydrogen-bond acceptors (Lipinski definition) is 5. The molecule has 1 heterocycles. The van der Waals surface area contributed by atoms with Crippen LogP contribution in [0.5, 0.6) is 0 Å². The minimum absolute atomic E-state index is 0.112. The molecule has 0 bridgehead atoms. The fourth-order valence-corrected chi connectivity index (χ4v) is 2.71. The molecule has 1 fully saturated rings. The van der Waals surface area contributed by atoms with Crippen LogP contribution in [0, 0.1) is 5.92 Å². The summed E-state index contributed by atoms with van der Waals surface area (Å²) in [4.78, 5) is 37.5. The minimum Gasteiger partial charge on any atom is -0.461 e. The summed E-state index contributed by atoms with van der Waals surface area (Å²) >= 11 is 0. The lowest BCUT2D eigenvalue weighted by Gasteiger charge is -2.24. The summed E-state index contributed by atoms with van der Waals surface area (Å²) in [7, 11) is 0. The third kappa shape index (κ3) is 7.29. The molecule has 1 aliphatic rings. The molecule has 0 aromatic heterocycles. The molecular formula is C20H28N2O5. The van der Waals surface area contributed by atoms with Crippen molar-refractivity contribution in [3.8, 4) is 0 Å². The Balaban J connectivity index is 1.64. The smallest absolute Gasteiger partial charge is 0.410 e. The summed E-state index contributed by atoms with van der Waals surface area (Å²) in [5.74, 6) is -0.796. The summed E-state index contributed by atoms with van der Waals surface area (Å²) in [6, 6.07) is 9.42. The van der Waals surface area contributed by atoms with Gasteiger partial charge in [-0.15, -0.1) is 0 Å². The van der Waals surface area contributed by atoms with Crippen LogP contribution in [0.1, 0.15) is 39.2 Å². The van der Waals surface area contributed by atoms with Gasteiger partial charge in [-0.1, -0.05) is 30.3 Å². The van der Waals surface area contributed by atoms with Crippen molar-refractivity contribution in [3.63, 3.8) is 0 Å². The first kappa shape index (κ1) is 20.7. The highest BCUT2D eigenvalue weighted by molar-refractivity contribution is 5.81. The van der Waals surface area contributed by atoms with Crippen molar-refractivity contribution in [1.29, 1.82) is 0 Å². The fraction of sp³-hybridized carbons (Fsp3) is 0.550. The van der Waals surface area contributed by atoms with Crippen molar-refractivity contribution < 1.29 is 23.9 Å². The molecule has 0 aliphatic carbocycles. The second kappa shape index (κ2) is 9.39. The number of ether oxygens (including phenoxy) is 2. The summed E-state index contributed by atoms with van der Waals surface area (Å²) in [6.45, 7) is 6.69. The van der Waals surface area contributed by atoms with Crippen molar-refractivity contribution >= 4 is 18.0 Å². The van der Waals surface area contributed by atoms with Crippen LogP contribution in [0.2, 0.25) is 0 Å². The first-order chi connectivity index (χ1) is 12.7. The maximum atomic E-state index is 12.2. The first-order valence-corrected chi connectivity index (χ1v) is 9.20. The maximum absolute atomic E-state index is 12.2. The van der Waals surface area contributed by atoms with Crippen LogP contribution in [-0.4, -0.2) is 48.1 Å². The Labute approximate surface area is 160 Å². The van der Waals surface area contributed by atoms with Gasteiger partial charge in [-0.2, -0.15) is 0 Å². The number of nitrogens with one attached hydrogen (secondary N) is 1. The molecule has 1 aromatic carbocycles. The molecule has 148 valence electrons. The van der Waals surface area contributed by atoms with E-state index in [1.807, 2.05) is 51.1 Å². The van der Waals surface area contributed by atoms with Gasteiger partial charge < -0.3 is 19.7 Å². The van der Waals surface area contributed by atoms with Crippen LogP contribution in [0.15, 0.2) is 30.3 Å². The van der Waals surface area contributed by atoms with Crippen LogP contribution in [0.4, 0.5) is 4.79 Å². The molecule has 0 unspecified atom stereocenters. The number of carbonyl (C=O) groups is 3. The summed E-state index contributed by atoms with van der Waals surface area (Å²) in [5.41, 5.74) is 0.362. The van der Waals surface area contributed by atoms with Gasteiger partial charge in [0, 0.05) is 19.6 Å². The lowest BCUT2D eigenvalue weighted by Crippen LogP contribution is -2.38. The van der Waals surface area contributed by atoms with Crippen LogP contribution < -0.4 is 5.32 Å². The molecule has 1 atom stereocenters. The normalized spacial score (nSPS) is 16.7. The number of amides is 2. The number of likely N-dealkylation sites (tertiary alicyclic amines) is 1. The van der Waals surface area contributed by atoms with Crippen molar-refractivity contribution in [2.75, 3.05) is 19.6 Å².